The topological polar surface area (TPSA) is 348 Å². The van der Waals surface area contributed by atoms with Gasteiger partial charge in [0, 0.05) is 42.7 Å². The number of fused-ring (bicyclic) bond motifs is 3. The van der Waals surface area contributed by atoms with Crippen molar-refractivity contribution in [2.45, 2.75) is 63.3 Å². The minimum Gasteiger partial charge on any atom is -0.481 e. The van der Waals surface area contributed by atoms with Crippen LogP contribution in [-0.4, -0.2) is 73.2 Å². The molecule has 3 heterocycles. The maximum absolute atomic E-state index is 13.2. The largest absolute Gasteiger partial charge is 0.490 e. The molecule has 1 aliphatic heterocycles. The third-order valence-electron chi connectivity index (χ3n) is 10.1. The molecule has 22 nitrogen and oxygen atoms in total. The maximum atomic E-state index is 13.2. The number of unbranched alkanes of at least 4 members (excludes halogenated alkanes) is 1. The fourth-order valence-electron chi connectivity index (χ4n) is 7.50. The molecule has 0 bridgehead atoms. The number of phosphoric ester groups is 1. The van der Waals surface area contributed by atoms with Gasteiger partial charge in [0.2, 0.25) is 17.2 Å². The number of nitrogens with zero attached hydrogens (tertiary/aromatic N) is 1. The molecule has 332 valence electrons. The van der Waals surface area contributed by atoms with Crippen LogP contribution in [0.3, 0.4) is 0 Å². The van der Waals surface area contributed by atoms with Crippen LogP contribution in [0.5, 0.6) is 0 Å². The van der Waals surface area contributed by atoms with E-state index in [0.29, 0.717) is 54.6 Å². The first kappa shape index (κ1) is 46.3. The number of carboxylic acids is 1. The summed E-state index contributed by atoms with van der Waals surface area (Å²) in [6.07, 6.45) is 2.09. The summed E-state index contributed by atoms with van der Waals surface area (Å²) >= 11 is 0. The molecule has 5 unspecified atom stereocenters. The van der Waals surface area contributed by atoms with Crippen molar-refractivity contribution >= 4 is 80.4 Å². The molecule has 0 saturated heterocycles. The SMILES string of the molecule is Nc1cc2c(c(=O)[nH]1)C(C#CCNC(=O)CCCCC(=O)Nc1ccc3oc4c(CC(=O)O)cccc4c(=O)c3c1)CN2C1CCC(COP(=O)(O)OP(=O)(O)OP(=O)(O)O)C1. The van der Waals surface area contributed by atoms with E-state index in [1.807, 2.05) is 4.90 Å². The standard InChI is InChI=1S/C37H42N5O17P3/c38-30-18-28-34(37(48)41-30)23(19-42(28)25-12-10-21(15-25)20-56-61(52,53)59-62(54,55)58-60(49,50)51)6-4-14-39-31(43)8-1-2-9-32(44)40-24-11-13-29-27(17-24)35(47)26-7-3-5-22(16-33(45)46)36(26)57-29/h3,5,7,11,13,17-18,21,23,25H,1-2,8-10,12,14-16,19-20H2,(H,39,43)(H,40,44)(H,45,46)(H,52,53)(H,54,55)(H3,38,41,48)(H2,49,50,51). The smallest absolute Gasteiger partial charge is 0.481 e. The monoisotopic (exact) mass is 921 g/mol. The van der Waals surface area contributed by atoms with Crippen LogP contribution < -0.4 is 32.3 Å². The second-order valence-corrected chi connectivity index (χ2v) is 19.1. The van der Waals surface area contributed by atoms with Crippen LogP contribution in [-0.2, 0) is 47.6 Å². The first-order valence-corrected chi connectivity index (χ1v) is 23.5. The number of hydrogen-bond donors (Lipinski definition) is 9. The van der Waals surface area contributed by atoms with Gasteiger partial charge in [-0.15, -0.1) is 0 Å². The summed E-state index contributed by atoms with van der Waals surface area (Å²) in [6.45, 7) is -0.145. The molecular weight excluding hydrogens is 879 g/mol. The van der Waals surface area contributed by atoms with Crippen LogP contribution in [0.15, 0.2) is 56.5 Å². The molecule has 6 rings (SSSR count). The molecule has 2 aliphatic rings. The van der Waals surface area contributed by atoms with Crippen LogP contribution in [0.1, 0.15) is 62.0 Å². The first-order chi connectivity index (χ1) is 29.2. The number of pyridine rings is 1. The lowest BCUT2D eigenvalue weighted by molar-refractivity contribution is -0.136. The van der Waals surface area contributed by atoms with E-state index in [0.717, 1.165) is 0 Å². The number of nitrogen functional groups attached to an aromatic ring is 1. The number of carbonyl (C=O) groups is 3. The lowest BCUT2D eigenvalue weighted by atomic mass is 10.0. The van der Waals surface area contributed by atoms with E-state index in [1.54, 1.807) is 30.3 Å². The highest BCUT2D eigenvalue weighted by Gasteiger charge is 2.42. The highest BCUT2D eigenvalue weighted by atomic mass is 31.3. The Kier molecular flexibility index (Phi) is 14.3. The third-order valence-corrected chi connectivity index (χ3v) is 13.9. The number of rotatable bonds is 17. The molecule has 5 atom stereocenters. The van der Waals surface area contributed by atoms with Gasteiger partial charge in [0.1, 0.15) is 17.0 Å². The summed E-state index contributed by atoms with van der Waals surface area (Å²) in [4.78, 5) is 104. The normalized spacial score (nSPS) is 19.3. The van der Waals surface area contributed by atoms with Gasteiger partial charge in [-0.1, -0.05) is 24.0 Å². The Hall–Kier alpha value is -5.16. The van der Waals surface area contributed by atoms with Crippen molar-refractivity contribution < 1.29 is 70.3 Å². The quantitative estimate of drug-likeness (QED) is 0.0316. The fraction of sp³-hybridized carbons (Fsp3) is 0.378. The van der Waals surface area contributed by atoms with Crippen LogP contribution in [0, 0.1) is 17.8 Å². The molecule has 0 radical (unpaired) electrons. The molecule has 62 heavy (non-hydrogen) atoms. The van der Waals surface area contributed by atoms with Gasteiger partial charge in [-0.25, -0.2) is 13.7 Å². The van der Waals surface area contributed by atoms with E-state index < -0.39 is 47.5 Å². The number of amides is 2. The lowest BCUT2D eigenvalue weighted by Gasteiger charge is -2.27. The van der Waals surface area contributed by atoms with Crippen molar-refractivity contribution in [3.63, 3.8) is 0 Å². The van der Waals surface area contributed by atoms with E-state index in [1.165, 1.54) is 12.1 Å². The Labute approximate surface area is 351 Å². The number of benzene rings is 2. The number of aliphatic carboxylic acids is 1. The molecule has 1 fully saturated rings. The van der Waals surface area contributed by atoms with Crippen LogP contribution in [0.4, 0.5) is 17.2 Å². The molecule has 4 aromatic rings. The average molecular weight is 922 g/mol. The second-order valence-electron chi connectivity index (χ2n) is 14.6. The first-order valence-electron chi connectivity index (χ1n) is 19.0. The molecular formula is C37H42N5O17P3. The Morgan fingerprint density at radius 2 is 1.69 bits per heavy atom. The number of nitrogens with two attached hydrogens (primary N) is 1. The molecule has 1 saturated carbocycles. The summed E-state index contributed by atoms with van der Waals surface area (Å²) < 4.78 is 52.9. The van der Waals surface area contributed by atoms with Crippen molar-refractivity contribution in [2.75, 3.05) is 35.6 Å². The minimum absolute atomic E-state index is 0.0176. The van der Waals surface area contributed by atoms with Gasteiger partial charge >= 0.3 is 29.4 Å². The van der Waals surface area contributed by atoms with Crippen molar-refractivity contribution in [3.05, 3.63) is 74.2 Å². The van der Waals surface area contributed by atoms with Gasteiger partial charge in [-0.05, 0) is 62.3 Å². The van der Waals surface area contributed by atoms with Gasteiger partial charge < -0.3 is 55.3 Å². The number of carboxylic acid groups (broad SMARTS) is 1. The van der Waals surface area contributed by atoms with Gasteiger partial charge in [0.05, 0.1) is 47.5 Å². The fourth-order valence-corrected chi connectivity index (χ4v) is 10.6. The van der Waals surface area contributed by atoms with E-state index in [4.69, 9.17) is 24.5 Å². The number of aromatic amines is 1. The average Bonchev–Trinajstić information content (AvgIpc) is 3.78. The highest BCUT2D eigenvalue weighted by Crippen LogP contribution is 2.66. The molecule has 0 spiro atoms. The number of anilines is 3. The predicted molar refractivity (Wildman–Crippen MR) is 222 cm³/mol. The molecule has 25 heteroatoms. The van der Waals surface area contributed by atoms with E-state index in [9.17, 15) is 52.6 Å². The minimum atomic E-state index is -5.65. The van der Waals surface area contributed by atoms with E-state index >= 15 is 0 Å². The summed E-state index contributed by atoms with van der Waals surface area (Å²) in [5.41, 5.74) is 7.23. The Morgan fingerprint density at radius 3 is 2.42 bits per heavy atom. The lowest BCUT2D eigenvalue weighted by Crippen LogP contribution is -2.32. The summed E-state index contributed by atoms with van der Waals surface area (Å²) in [6, 6.07) is 10.7. The van der Waals surface area contributed by atoms with Crippen molar-refractivity contribution in [1.29, 1.82) is 0 Å². The summed E-state index contributed by atoms with van der Waals surface area (Å²) in [5, 5.41) is 15.1. The number of H-pyrrole nitrogens is 1. The zero-order valence-electron chi connectivity index (χ0n) is 32.6. The van der Waals surface area contributed by atoms with Crippen molar-refractivity contribution in [2.24, 2.45) is 5.92 Å². The van der Waals surface area contributed by atoms with Crippen LogP contribution in [0.25, 0.3) is 21.9 Å². The molecule has 2 aromatic heterocycles. The number of para-hydroxylation sites is 1. The molecule has 10 N–H and O–H groups in total. The van der Waals surface area contributed by atoms with Crippen LogP contribution >= 0.6 is 23.5 Å². The zero-order valence-corrected chi connectivity index (χ0v) is 35.2. The van der Waals surface area contributed by atoms with Crippen LogP contribution in [0.2, 0.25) is 0 Å². The van der Waals surface area contributed by atoms with Gasteiger partial charge in [-0.3, -0.25) is 28.5 Å². The number of hydrogen-bond acceptors (Lipinski definition) is 14. The Balaban J connectivity index is 0.955. The maximum Gasteiger partial charge on any atom is 0.490 e. The number of aromatic nitrogens is 1. The van der Waals surface area contributed by atoms with Gasteiger partial charge in [-0.2, -0.15) is 8.62 Å². The predicted octanol–water partition coefficient (Wildman–Crippen LogP) is 3.58. The number of carbonyl (C=O) groups excluding carboxylic acids is 2. The van der Waals surface area contributed by atoms with Crippen molar-refractivity contribution in [1.82, 2.24) is 10.3 Å². The highest BCUT2D eigenvalue weighted by molar-refractivity contribution is 7.66. The Morgan fingerprint density at radius 1 is 0.952 bits per heavy atom. The van der Waals surface area contributed by atoms with E-state index in [2.05, 4.69) is 36.1 Å². The summed E-state index contributed by atoms with van der Waals surface area (Å²) in [7, 11) is -16.5. The van der Waals surface area contributed by atoms with Gasteiger partial charge in [0.15, 0.2) is 0 Å². The number of phosphoric acid groups is 3. The molecule has 1 aliphatic carbocycles. The van der Waals surface area contributed by atoms with Gasteiger partial charge in [0.25, 0.3) is 5.56 Å². The zero-order chi connectivity index (χ0) is 45.0. The summed E-state index contributed by atoms with van der Waals surface area (Å²) in [5.74, 6) is 3.44. The Bertz CT molecular complexity index is 2740. The second kappa shape index (κ2) is 19.1. The number of nitrogens with one attached hydrogen (secondary N) is 3. The third kappa shape index (κ3) is 12.1. The van der Waals surface area contributed by atoms with Crippen molar-refractivity contribution in [3.8, 4) is 11.8 Å². The van der Waals surface area contributed by atoms with E-state index in [-0.39, 0.29) is 89.3 Å². The molecule has 2 aromatic carbocycles. The molecule has 2 amide bonds.